The summed E-state index contributed by atoms with van der Waals surface area (Å²) in [4.78, 5) is 24.4. The lowest BCUT2D eigenvalue weighted by molar-refractivity contribution is -0.132. The Morgan fingerprint density at radius 3 is 2.69 bits per heavy atom. The van der Waals surface area contributed by atoms with E-state index in [4.69, 9.17) is 14.5 Å². The van der Waals surface area contributed by atoms with Crippen molar-refractivity contribution in [1.82, 2.24) is 9.97 Å². The molecule has 6 aromatic rings. The number of carbonyl (C=O) groups is 1. The number of pyridine rings is 1. The molecule has 7 atom stereocenters. The normalized spacial score (nSPS) is 24.2. The molecule has 4 aliphatic rings. The van der Waals surface area contributed by atoms with Crippen LogP contribution < -0.4 is 14.8 Å². The number of anilines is 2. The third kappa shape index (κ3) is 9.00. The average molecular weight is 918 g/mol. The van der Waals surface area contributed by atoms with E-state index in [0.717, 1.165) is 82.9 Å². The number of Topliss-reactive ketones (excluding diaryl/α,β-unsaturated/α-hetero) is 1. The highest BCUT2D eigenvalue weighted by atomic mass is 16.5. The van der Waals surface area contributed by atoms with Crippen LogP contribution in [0.2, 0.25) is 0 Å². The Morgan fingerprint density at radius 2 is 1.84 bits per heavy atom. The van der Waals surface area contributed by atoms with Gasteiger partial charge in [-0.1, -0.05) is 43.7 Å². The first kappa shape index (κ1) is 45.3. The van der Waals surface area contributed by atoms with Crippen LogP contribution in [0.1, 0.15) is 104 Å². The maximum absolute atomic E-state index is 16.1. The fourth-order valence-electron chi connectivity index (χ4n) is 12.4. The highest BCUT2D eigenvalue weighted by Gasteiger charge is 2.54. The number of rotatable bonds is 10. The van der Waals surface area contributed by atoms with Crippen LogP contribution in [-0.2, 0) is 35.9 Å². The van der Waals surface area contributed by atoms with Gasteiger partial charge in [-0.2, -0.15) is 0 Å². The van der Waals surface area contributed by atoms with E-state index in [-0.39, 0.29) is 52.8 Å². The number of ketones is 1. The summed E-state index contributed by atoms with van der Waals surface area (Å²) < 4.78 is 12.3. The molecule has 0 amide bonds. The molecule has 2 aromatic heterocycles. The van der Waals surface area contributed by atoms with Crippen LogP contribution in [0.15, 0.2) is 103 Å². The molecule has 1 fully saturated rings. The van der Waals surface area contributed by atoms with Gasteiger partial charge < -0.3 is 45.3 Å². The monoisotopic (exact) mass is 917 g/mol. The number of aromatic hydroxyl groups is 4. The predicted octanol–water partition coefficient (Wildman–Crippen LogP) is 11.0. The number of fused-ring (bicyclic) bond motifs is 7. The summed E-state index contributed by atoms with van der Waals surface area (Å²) in [7, 11) is 0. The van der Waals surface area contributed by atoms with E-state index >= 15 is 4.79 Å². The molecule has 4 heterocycles. The number of nitrogens with zero attached hydrogens (tertiary/aromatic N) is 1. The average Bonchev–Trinajstić information content (AvgIpc) is 4.02. The van der Waals surface area contributed by atoms with Crippen molar-refractivity contribution in [3.05, 3.63) is 137 Å². The Kier molecular flexibility index (Phi) is 12.8. The summed E-state index contributed by atoms with van der Waals surface area (Å²) in [5.74, 6) is 0.215. The topological polar surface area (TPSA) is 177 Å². The first-order chi connectivity index (χ1) is 33.0. The van der Waals surface area contributed by atoms with E-state index in [1.807, 2.05) is 48.8 Å². The number of aromatic amines is 1. The molecule has 11 nitrogen and oxygen atoms in total. The molecule has 4 aromatic carbocycles. The van der Waals surface area contributed by atoms with Gasteiger partial charge in [0.05, 0.1) is 25.2 Å². The number of ether oxygens (including phenoxy) is 2. The number of aliphatic hydroxyl groups excluding tert-OH is 1. The Balaban J connectivity index is 1.10. The number of aromatic nitrogens is 2. The third-order valence-corrected chi connectivity index (χ3v) is 15.7. The number of hydrogen-bond donors (Lipinski definition) is 7. The summed E-state index contributed by atoms with van der Waals surface area (Å²) in [6.07, 6.45) is 15.5. The summed E-state index contributed by atoms with van der Waals surface area (Å²) >= 11 is 0. The SMILES string of the molecule is C[C@@H]1CC=C[C@@H](COc2cc([C@@H]3CCc4c(ccc5cc(O)ccc45)Nc4cc(ccn4)[C@]4(CCC[C@@H]4Cc4ccc[nH]4)[C@H]([C@H](O)CCc4ccc(O)c5c4CCCO5)C(=O)C3)cc(O)c2O)C1. The van der Waals surface area contributed by atoms with Crippen LogP contribution in [-0.4, -0.2) is 60.6 Å². The maximum atomic E-state index is 16.1. The van der Waals surface area contributed by atoms with E-state index in [1.165, 1.54) is 0 Å². The molecule has 1 spiro atoms. The zero-order chi connectivity index (χ0) is 46.9. The zero-order valence-corrected chi connectivity index (χ0v) is 38.8. The molecule has 354 valence electrons. The Morgan fingerprint density at radius 1 is 0.941 bits per heavy atom. The summed E-state index contributed by atoms with van der Waals surface area (Å²) in [5, 5.41) is 62.5. The van der Waals surface area contributed by atoms with Crippen LogP contribution in [0.4, 0.5) is 11.5 Å². The molecule has 0 radical (unpaired) electrons. The Labute approximate surface area is 397 Å². The number of benzene rings is 4. The van der Waals surface area contributed by atoms with Gasteiger partial charge in [-0.05, 0) is 182 Å². The molecule has 0 unspecified atom stereocenters. The minimum Gasteiger partial charge on any atom is -0.508 e. The molecule has 10 rings (SSSR count). The lowest BCUT2D eigenvalue weighted by Gasteiger charge is -2.45. The number of phenolic OH excluding ortho intramolecular Hbond substituents is 4. The minimum absolute atomic E-state index is 0.0170. The lowest BCUT2D eigenvalue weighted by atomic mass is 9.58. The molecule has 2 bridgehead atoms. The van der Waals surface area contributed by atoms with Crippen molar-refractivity contribution in [3.63, 3.8) is 0 Å². The van der Waals surface area contributed by atoms with E-state index in [0.29, 0.717) is 74.8 Å². The molecule has 2 aliphatic carbocycles. The number of hydrogen-bond acceptors (Lipinski definition) is 10. The second-order valence-electron chi connectivity index (χ2n) is 20.0. The highest BCUT2D eigenvalue weighted by Crippen LogP contribution is 2.55. The number of phenols is 4. The van der Waals surface area contributed by atoms with Crippen molar-refractivity contribution in [1.29, 1.82) is 0 Å². The fourth-order valence-corrected chi connectivity index (χ4v) is 12.4. The second-order valence-corrected chi connectivity index (χ2v) is 20.0. The standard InChI is InChI=1S/C57H63N3O8/c1-34-6-2-7-35(26-34)33-68-52-30-39(29-51(65)55(52)66)37-11-16-46-44-17-15-43(61)27-38(44)12-18-47(46)60-53-32-41(21-24-59-53)57(22-3-8-40(57)31-42-9-4-23-58-42)54(50(64)28-37)48(62)19-13-36-14-20-49(63)56-45(36)10-5-25-67-56/h2,4,7,9,12,14-15,17-18,20-21,23-24,27,29-30,32,34-35,37,40,48,54,58,61-63,65-66H,3,5-6,8,10-11,13,16,19,22,25-26,28,31,33H2,1H3,(H,59,60)/t34-,35-,37-,40-,48-,54-,57-/m1/s1. The van der Waals surface area contributed by atoms with Crippen molar-refractivity contribution < 1.29 is 39.8 Å². The summed E-state index contributed by atoms with van der Waals surface area (Å²) in [5.41, 5.74) is 5.67. The van der Waals surface area contributed by atoms with Crippen LogP contribution in [0.5, 0.6) is 34.5 Å². The number of allylic oxidation sites excluding steroid dienone is 1. The van der Waals surface area contributed by atoms with Crippen LogP contribution in [0.25, 0.3) is 10.8 Å². The van der Waals surface area contributed by atoms with Gasteiger partial charge in [-0.15, -0.1) is 0 Å². The number of aryl methyl sites for hydroxylation is 2. The lowest BCUT2D eigenvalue weighted by Crippen LogP contribution is -2.50. The van der Waals surface area contributed by atoms with Gasteiger partial charge in [0.25, 0.3) is 0 Å². The van der Waals surface area contributed by atoms with E-state index in [1.54, 1.807) is 30.3 Å². The van der Waals surface area contributed by atoms with E-state index in [9.17, 15) is 25.5 Å². The first-order valence-corrected chi connectivity index (χ1v) is 24.7. The van der Waals surface area contributed by atoms with Crippen molar-refractivity contribution in [2.24, 2.45) is 23.7 Å². The van der Waals surface area contributed by atoms with Crippen LogP contribution in [0.3, 0.4) is 0 Å². The third-order valence-electron chi connectivity index (χ3n) is 15.7. The molecule has 0 saturated heterocycles. The van der Waals surface area contributed by atoms with Crippen molar-refractivity contribution >= 4 is 28.1 Å². The molecule has 7 N–H and O–H groups in total. The van der Waals surface area contributed by atoms with Gasteiger partial charge in [0, 0.05) is 47.1 Å². The quantitative estimate of drug-likeness (QED) is 0.0517. The molecule has 2 aliphatic heterocycles. The van der Waals surface area contributed by atoms with Gasteiger partial charge in [0.15, 0.2) is 23.0 Å². The second kappa shape index (κ2) is 19.3. The van der Waals surface area contributed by atoms with Crippen LogP contribution in [0, 0.1) is 23.7 Å². The van der Waals surface area contributed by atoms with Crippen molar-refractivity contribution in [2.75, 3.05) is 18.5 Å². The minimum atomic E-state index is -1.05. The maximum Gasteiger partial charge on any atom is 0.200 e. The predicted molar refractivity (Wildman–Crippen MR) is 263 cm³/mol. The number of carbonyl (C=O) groups excluding carboxylic acids is 1. The van der Waals surface area contributed by atoms with Gasteiger partial charge in [-0.3, -0.25) is 4.79 Å². The molecular formula is C57H63N3O8. The number of aliphatic hydroxyl groups is 1. The number of nitrogens with one attached hydrogen (secondary N) is 2. The van der Waals surface area contributed by atoms with Gasteiger partial charge in [0.2, 0.25) is 5.75 Å². The van der Waals surface area contributed by atoms with Gasteiger partial charge >= 0.3 is 0 Å². The van der Waals surface area contributed by atoms with Gasteiger partial charge in [0.1, 0.15) is 17.4 Å². The van der Waals surface area contributed by atoms with E-state index < -0.39 is 23.4 Å². The fraction of sp³-hybridized carbons (Fsp3) is 0.404. The highest BCUT2D eigenvalue weighted by molar-refractivity contribution is 5.92. The smallest absolute Gasteiger partial charge is 0.200 e. The largest absolute Gasteiger partial charge is 0.508 e. The number of H-pyrrole nitrogens is 1. The summed E-state index contributed by atoms with van der Waals surface area (Å²) in [6, 6.07) is 24.5. The molecule has 68 heavy (non-hydrogen) atoms. The van der Waals surface area contributed by atoms with Crippen LogP contribution >= 0.6 is 0 Å². The molecule has 11 heteroatoms. The van der Waals surface area contributed by atoms with E-state index in [2.05, 4.69) is 41.5 Å². The molecular weight excluding hydrogens is 855 g/mol. The van der Waals surface area contributed by atoms with Crippen molar-refractivity contribution in [2.45, 2.75) is 108 Å². The summed E-state index contributed by atoms with van der Waals surface area (Å²) in [6.45, 7) is 3.08. The Bertz CT molecular complexity index is 2820. The Hall–Kier alpha value is -6.46. The molecule has 1 saturated carbocycles. The van der Waals surface area contributed by atoms with Gasteiger partial charge in [-0.25, -0.2) is 4.98 Å². The van der Waals surface area contributed by atoms with Crippen molar-refractivity contribution in [3.8, 4) is 34.5 Å². The zero-order valence-electron chi connectivity index (χ0n) is 38.8. The first-order valence-electron chi connectivity index (χ1n) is 24.7.